The summed E-state index contributed by atoms with van der Waals surface area (Å²) in [6.45, 7) is 1.13. The van der Waals surface area contributed by atoms with Crippen LogP contribution in [0.2, 0.25) is 0 Å². The normalized spacial score (nSPS) is 14.9. The van der Waals surface area contributed by atoms with Gasteiger partial charge in [-0.25, -0.2) is 4.39 Å². The Kier molecular flexibility index (Phi) is 4.03. The Hall–Kier alpha value is -1.40. The zero-order valence-corrected chi connectivity index (χ0v) is 12.0. The minimum Gasteiger partial charge on any atom is -0.326 e. The summed E-state index contributed by atoms with van der Waals surface area (Å²) < 4.78 is 15.9. The van der Waals surface area contributed by atoms with Gasteiger partial charge in [-0.1, -0.05) is 12.5 Å². The summed E-state index contributed by atoms with van der Waals surface area (Å²) in [4.78, 5) is 0.826. The molecule has 1 aliphatic heterocycles. The van der Waals surface area contributed by atoms with Gasteiger partial charge in [0.15, 0.2) is 5.16 Å². The molecule has 4 nitrogen and oxygen atoms in total. The molecule has 2 heterocycles. The minimum atomic E-state index is -0.256. The van der Waals surface area contributed by atoms with Gasteiger partial charge in [0.2, 0.25) is 0 Å². The molecular weight excluding hydrogens is 275 g/mol. The molecule has 0 radical (unpaired) electrons. The maximum atomic E-state index is 13.7. The fraction of sp³-hybridized carbons (Fsp3) is 0.429. The molecule has 3 rings (SSSR count). The molecule has 1 aliphatic rings. The van der Waals surface area contributed by atoms with Gasteiger partial charge in [-0.05, 0) is 36.7 Å². The predicted octanol–water partition coefficient (Wildman–Crippen LogP) is 2.75. The first-order valence-corrected chi connectivity index (χ1v) is 7.68. The molecule has 0 amide bonds. The van der Waals surface area contributed by atoms with Crippen LogP contribution in [0.25, 0.3) is 0 Å². The molecule has 1 aromatic carbocycles. The number of aryl methyl sites for hydroxylation is 1. The lowest BCUT2D eigenvalue weighted by atomic mass is 10.2. The number of nitrogens with zero attached hydrogens (tertiary/aromatic N) is 3. The summed E-state index contributed by atoms with van der Waals surface area (Å²) in [5.41, 5.74) is 6.19. The van der Waals surface area contributed by atoms with Crippen molar-refractivity contribution in [3.63, 3.8) is 0 Å². The molecule has 0 fully saturated rings. The maximum Gasteiger partial charge on any atom is 0.196 e. The summed E-state index contributed by atoms with van der Waals surface area (Å²) in [6, 6.07) is 5.03. The number of rotatable bonds is 3. The Morgan fingerprint density at radius 1 is 1.25 bits per heavy atom. The van der Waals surface area contributed by atoms with Gasteiger partial charge < -0.3 is 10.3 Å². The number of hydrogen-bond acceptors (Lipinski definition) is 4. The first-order valence-electron chi connectivity index (χ1n) is 6.87. The number of aromatic nitrogens is 3. The van der Waals surface area contributed by atoms with Crippen molar-refractivity contribution in [3.05, 3.63) is 35.4 Å². The molecule has 6 heteroatoms. The molecule has 2 aromatic rings. The minimum absolute atomic E-state index is 0.190. The second-order valence-electron chi connectivity index (χ2n) is 4.88. The van der Waals surface area contributed by atoms with E-state index >= 15 is 0 Å². The Labute approximate surface area is 121 Å². The van der Waals surface area contributed by atoms with Crippen molar-refractivity contribution in [1.82, 2.24) is 14.8 Å². The smallest absolute Gasteiger partial charge is 0.196 e. The van der Waals surface area contributed by atoms with Gasteiger partial charge in [0, 0.05) is 30.0 Å². The maximum absolute atomic E-state index is 13.7. The van der Waals surface area contributed by atoms with E-state index in [2.05, 4.69) is 14.8 Å². The number of fused-ring (bicyclic) bond motifs is 1. The molecule has 0 saturated carbocycles. The fourth-order valence-corrected chi connectivity index (χ4v) is 3.50. The van der Waals surface area contributed by atoms with Crippen LogP contribution < -0.4 is 5.73 Å². The highest BCUT2D eigenvalue weighted by molar-refractivity contribution is 7.99. The lowest BCUT2D eigenvalue weighted by Crippen LogP contribution is -2.04. The Balaban J connectivity index is 1.92. The van der Waals surface area contributed by atoms with E-state index in [4.69, 9.17) is 5.73 Å². The molecule has 0 bridgehead atoms. The van der Waals surface area contributed by atoms with Crippen molar-refractivity contribution < 1.29 is 4.39 Å². The summed E-state index contributed by atoms with van der Waals surface area (Å²) in [6.07, 6.45) is 4.50. The second-order valence-corrected chi connectivity index (χ2v) is 5.89. The quantitative estimate of drug-likeness (QED) is 0.945. The average molecular weight is 292 g/mol. The Bertz CT molecular complexity index is 611. The van der Waals surface area contributed by atoms with E-state index in [1.807, 2.05) is 6.07 Å². The molecule has 2 N–H and O–H groups in total. The van der Waals surface area contributed by atoms with Crippen LogP contribution >= 0.6 is 11.8 Å². The fourth-order valence-electron chi connectivity index (χ4n) is 2.46. The lowest BCUT2D eigenvalue weighted by molar-refractivity contribution is 0.589. The summed E-state index contributed by atoms with van der Waals surface area (Å²) in [7, 11) is 0. The summed E-state index contributed by atoms with van der Waals surface area (Å²) in [5, 5.41) is 9.35. The van der Waals surface area contributed by atoms with E-state index in [0.717, 1.165) is 41.7 Å². The largest absolute Gasteiger partial charge is 0.326 e. The van der Waals surface area contributed by atoms with Crippen LogP contribution in [0.3, 0.4) is 0 Å². The van der Waals surface area contributed by atoms with E-state index in [1.165, 1.54) is 24.2 Å². The highest BCUT2D eigenvalue weighted by Gasteiger charge is 2.17. The van der Waals surface area contributed by atoms with Crippen molar-refractivity contribution in [2.24, 2.45) is 5.73 Å². The first-order chi connectivity index (χ1) is 9.79. The van der Waals surface area contributed by atoms with E-state index in [-0.39, 0.29) is 12.4 Å². The number of benzene rings is 1. The molecule has 0 unspecified atom stereocenters. The molecule has 0 atom stereocenters. The van der Waals surface area contributed by atoms with Gasteiger partial charge in [-0.3, -0.25) is 0 Å². The Morgan fingerprint density at radius 2 is 2.15 bits per heavy atom. The van der Waals surface area contributed by atoms with Crippen molar-refractivity contribution in [1.29, 1.82) is 0 Å². The third-order valence-corrected chi connectivity index (χ3v) is 4.64. The van der Waals surface area contributed by atoms with Crippen LogP contribution in [-0.2, 0) is 19.5 Å². The average Bonchev–Trinajstić information content (AvgIpc) is 2.68. The van der Waals surface area contributed by atoms with E-state index in [1.54, 1.807) is 6.07 Å². The Morgan fingerprint density at radius 3 is 3.00 bits per heavy atom. The molecule has 106 valence electrons. The molecule has 0 aliphatic carbocycles. The number of nitrogens with two attached hydrogens (primary N) is 1. The predicted molar refractivity (Wildman–Crippen MR) is 76.0 cm³/mol. The van der Waals surface area contributed by atoms with Crippen molar-refractivity contribution in [3.8, 4) is 0 Å². The van der Waals surface area contributed by atoms with Crippen LogP contribution in [-0.4, -0.2) is 14.8 Å². The van der Waals surface area contributed by atoms with Crippen LogP contribution in [0, 0.1) is 5.82 Å². The molecule has 0 saturated heterocycles. The zero-order valence-electron chi connectivity index (χ0n) is 11.2. The third-order valence-electron chi connectivity index (χ3n) is 3.56. The zero-order chi connectivity index (χ0) is 13.9. The van der Waals surface area contributed by atoms with E-state index in [9.17, 15) is 4.39 Å². The summed E-state index contributed by atoms with van der Waals surface area (Å²) >= 11 is 1.45. The highest BCUT2D eigenvalue weighted by Crippen LogP contribution is 2.31. The third kappa shape index (κ3) is 2.58. The van der Waals surface area contributed by atoms with Gasteiger partial charge in [-0.2, -0.15) is 0 Å². The van der Waals surface area contributed by atoms with Crippen LogP contribution in [0.1, 0.15) is 30.7 Å². The lowest BCUT2D eigenvalue weighted by Gasteiger charge is -2.09. The van der Waals surface area contributed by atoms with Gasteiger partial charge >= 0.3 is 0 Å². The second kappa shape index (κ2) is 5.93. The molecule has 20 heavy (non-hydrogen) atoms. The van der Waals surface area contributed by atoms with Gasteiger partial charge in [0.05, 0.1) is 0 Å². The monoisotopic (exact) mass is 292 g/mol. The summed E-state index contributed by atoms with van der Waals surface area (Å²) in [5.74, 6) is 0.781. The van der Waals surface area contributed by atoms with Crippen LogP contribution in [0.4, 0.5) is 4.39 Å². The van der Waals surface area contributed by atoms with Gasteiger partial charge in [0.1, 0.15) is 11.6 Å². The van der Waals surface area contributed by atoms with E-state index in [0.29, 0.717) is 5.56 Å². The van der Waals surface area contributed by atoms with Crippen LogP contribution in [0.15, 0.2) is 28.3 Å². The molecule has 1 aromatic heterocycles. The van der Waals surface area contributed by atoms with Gasteiger partial charge in [0.25, 0.3) is 0 Å². The topological polar surface area (TPSA) is 56.7 Å². The number of halogens is 1. The first kappa shape index (κ1) is 13.6. The SMILES string of the molecule is NCc1c(F)cccc1Sc1nnc2n1CCCCC2. The molecule has 0 spiro atoms. The van der Waals surface area contributed by atoms with Crippen molar-refractivity contribution >= 4 is 11.8 Å². The number of hydrogen-bond donors (Lipinski definition) is 1. The highest BCUT2D eigenvalue weighted by atomic mass is 32.2. The molecular formula is C14H17FN4S. The van der Waals surface area contributed by atoms with E-state index < -0.39 is 0 Å². The van der Waals surface area contributed by atoms with Crippen molar-refractivity contribution in [2.75, 3.05) is 0 Å². The standard InChI is InChI=1S/C14H17FN4S/c15-11-5-4-6-12(10(11)9-16)20-14-18-17-13-7-2-1-3-8-19(13)14/h4-6H,1-3,7-9,16H2. The van der Waals surface area contributed by atoms with Gasteiger partial charge in [-0.15, -0.1) is 10.2 Å². The van der Waals surface area contributed by atoms with Crippen LogP contribution in [0.5, 0.6) is 0 Å². The van der Waals surface area contributed by atoms with Crippen molar-refractivity contribution in [2.45, 2.75) is 48.8 Å².